The SMILES string of the molecule is Nc1ccc2oc(Cl)nc2n1. The van der Waals surface area contributed by atoms with Gasteiger partial charge in [-0.05, 0) is 23.7 Å². The first kappa shape index (κ1) is 6.42. The molecule has 0 saturated carbocycles. The lowest BCUT2D eigenvalue weighted by Crippen LogP contribution is -1.88. The highest BCUT2D eigenvalue weighted by atomic mass is 35.5. The molecule has 56 valence electrons. The average Bonchev–Trinajstić information content (AvgIpc) is 2.27. The number of nitrogen functional groups attached to an aromatic ring is 1. The van der Waals surface area contributed by atoms with Crippen LogP contribution in [0.4, 0.5) is 5.82 Å². The van der Waals surface area contributed by atoms with Gasteiger partial charge in [-0.15, -0.1) is 0 Å². The van der Waals surface area contributed by atoms with Gasteiger partial charge in [0.05, 0.1) is 0 Å². The molecule has 0 saturated heterocycles. The fraction of sp³-hybridized carbons (Fsp3) is 0. The first-order chi connectivity index (χ1) is 5.25. The summed E-state index contributed by atoms with van der Waals surface area (Å²) in [5.41, 5.74) is 6.38. The minimum atomic E-state index is 0.0816. The Morgan fingerprint density at radius 1 is 1.36 bits per heavy atom. The minimum Gasteiger partial charge on any atom is -0.426 e. The molecule has 5 heteroatoms. The van der Waals surface area contributed by atoms with E-state index in [0.717, 1.165) is 0 Å². The summed E-state index contributed by atoms with van der Waals surface area (Å²) < 4.78 is 4.96. The summed E-state index contributed by atoms with van der Waals surface area (Å²) in [5, 5.41) is 0.0816. The van der Waals surface area contributed by atoms with Crippen molar-refractivity contribution in [3.05, 3.63) is 17.5 Å². The highest BCUT2D eigenvalue weighted by Crippen LogP contribution is 2.17. The van der Waals surface area contributed by atoms with Gasteiger partial charge in [-0.1, -0.05) is 0 Å². The third-order valence-electron chi connectivity index (χ3n) is 1.25. The van der Waals surface area contributed by atoms with Crippen LogP contribution in [0.3, 0.4) is 0 Å². The van der Waals surface area contributed by atoms with E-state index >= 15 is 0 Å². The second-order valence-corrected chi connectivity index (χ2v) is 2.35. The Morgan fingerprint density at radius 2 is 2.18 bits per heavy atom. The second-order valence-electron chi connectivity index (χ2n) is 2.02. The summed E-state index contributed by atoms with van der Waals surface area (Å²) >= 11 is 5.48. The minimum absolute atomic E-state index is 0.0816. The molecule has 4 nitrogen and oxygen atoms in total. The van der Waals surface area contributed by atoms with Crippen LogP contribution in [0.2, 0.25) is 5.35 Å². The van der Waals surface area contributed by atoms with E-state index in [-0.39, 0.29) is 5.35 Å². The Labute approximate surface area is 67.0 Å². The van der Waals surface area contributed by atoms with E-state index in [0.29, 0.717) is 17.0 Å². The lowest BCUT2D eigenvalue weighted by Gasteiger charge is -1.87. The van der Waals surface area contributed by atoms with Crippen molar-refractivity contribution in [3.8, 4) is 0 Å². The number of fused-ring (bicyclic) bond motifs is 1. The van der Waals surface area contributed by atoms with Gasteiger partial charge in [0.15, 0.2) is 5.58 Å². The van der Waals surface area contributed by atoms with Crippen molar-refractivity contribution in [2.24, 2.45) is 0 Å². The quantitative estimate of drug-likeness (QED) is 0.649. The largest absolute Gasteiger partial charge is 0.426 e. The number of pyridine rings is 1. The van der Waals surface area contributed by atoms with Gasteiger partial charge in [0.2, 0.25) is 5.65 Å². The van der Waals surface area contributed by atoms with Crippen LogP contribution in [0.15, 0.2) is 16.5 Å². The van der Waals surface area contributed by atoms with Gasteiger partial charge >= 0.3 is 0 Å². The Bertz CT molecular complexity index is 398. The van der Waals surface area contributed by atoms with E-state index < -0.39 is 0 Å². The van der Waals surface area contributed by atoms with Crippen LogP contribution in [-0.2, 0) is 0 Å². The van der Waals surface area contributed by atoms with Crippen LogP contribution in [0.25, 0.3) is 11.2 Å². The molecule has 0 unspecified atom stereocenters. The lowest BCUT2D eigenvalue weighted by molar-refractivity contribution is 0.604. The summed E-state index contributed by atoms with van der Waals surface area (Å²) in [5.74, 6) is 0.405. The molecule has 0 radical (unpaired) electrons. The van der Waals surface area contributed by atoms with Crippen LogP contribution < -0.4 is 5.73 Å². The predicted molar refractivity (Wildman–Crippen MR) is 41.2 cm³/mol. The molecule has 2 rings (SSSR count). The monoisotopic (exact) mass is 169 g/mol. The van der Waals surface area contributed by atoms with Gasteiger partial charge in [0.1, 0.15) is 5.82 Å². The topological polar surface area (TPSA) is 64.9 Å². The number of oxazole rings is 1. The zero-order valence-corrected chi connectivity index (χ0v) is 6.17. The molecular formula is C6H4ClN3O. The third-order valence-corrected chi connectivity index (χ3v) is 1.41. The zero-order valence-electron chi connectivity index (χ0n) is 5.41. The average molecular weight is 170 g/mol. The molecule has 2 aromatic heterocycles. The summed E-state index contributed by atoms with van der Waals surface area (Å²) in [6.45, 7) is 0. The Hall–Kier alpha value is -1.29. The van der Waals surface area contributed by atoms with Gasteiger partial charge in [0.25, 0.3) is 5.35 Å². The van der Waals surface area contributed by atoms with Crippen molar-refractivity contribution in [1.29, 1.82) is 0 Å². The fourth-order valence-electron chi connectivity index (χ4n) is 0.807. The van der Waals surface area contributed by atoms with E-state index in [2.05, 4.69) is 9.97 Å². The van der Waals surface area contributed by atoms with Crippen LogP contribution in [0.1, 0.15) is 0 Å². The summed E-state index contributed by atoms with van der Waals surface area (Å²) in [4.78, 5) is 7.67. The standard InChI is InChI=1S/C6H4ClN3O/c7-6-10-5-3(11-6)1-2-4(8)9-5/h1-2H,(H2,8,9). The van der Waals surface area contributed by atoms with Gasteiger partial charge in [-0.2, -0.15) is 4.98 Å². The van der Waals surface area contributed by atoms with Crippen LogP contribution in [0.5, 0.6) is 0 Å². The number of hydrogen-bond donors (Lipinski definition) is 1. The third kappa shape index (κ3) is 1.01. The summed E-state index contributed by atoms with van der Waals surface area (Å²) in [6.07, 6.45) is 0. The number of aromatic nitrogens is 2. The van der Waals surface area contributed by atoms with Crippen molar-refractivity contribution in [2.45, 2.75) is 0 Å². The molecule has 0 spiro atoms. The number of nitrogens with zero attached hydrogens (tertiary/aromatic N) is 2. The molecule has 0 aliphatic rings. The summed E-state index contributed by atoms with van der Waals surface area (Å²) in [6, 6.07) is 3.31. The Morgan fingerprint density at radius 3 is 3.00 bits per heavy atom. The normalized spacial score (nSPS) is 10.6. The van der Waals surface area contributed by atoms with Crippen molar-refractivity contribution in [2.75, 3.05) is 5.73 Å². The van der Waals surface area contributed by atoms with E-state index in [1.165, 1.54) is 0 Å². The Kier molecular flexibility index (Phi) is 1.22. The molecule has 0 aliphatic heterocycles. The number of nitrogens with two attached hydrogens (primary N) is 1. The molecule has 0 atom stereocenters. The maximum absolute atomic E-state index is 5.48. The van der Waals surface area contributed by atoms with Gasteiger partial charge < -0.3 is 10.2 Å². The lowest BCUT2D eigenvalue weighted by atomic mass is 10.4. The number of halogens is 1. The van der Waals surface area contributed by atoms with Crippen molar-refractivity contribution in [1.82, 2.24) is 9.97 Å². The van der Waals surface area contributed by atoms with Crippen molar-refractivity contribution in [3.63, 3.8) is 0 Å². The maximum Gasteiger partial charge on any atom is 0.294 e. The maximum atomic E-state index is 5.48. The fourth-order valence-corrected chi connectivity index (χ4v) is 0.970. The van der Waals surface area contributed by atoms with Crippen LogP contribution in [-0.4, -0.2) is 9.97 Å². The molecular weight excluding hydrogens is 166 g/mol. The molecule has 0 bridgehead atoms. The van der Waals surface area contributed by atoms with E-state index in [4.69, 9.17) is 21.8 Å². The predicted octanol–water partition coefficient (Wildman–Crippen LogP) is 1.46. The van der Waals surface area contributed by atoms with E-state index in [1.807, 2.05) is 0 Å². The highest BCUT2D eigenvalue weighted by molar-refractivity contribution is 6.28. The number of hydrogen-bond acceptors (Lipinski definition) is 4. The van der Waals surface area contributed by atoms with Crippen molar-refractivity contribution >= 4 is 28.6 Å². The van der Waals surface area contributed by atoms with Crippen LogP contribution >= 0.6 is 11.6 Å². The molecule has 0 amide bonds. The first-order valence-electron chi connectivity index (χ1n) is 2.94. The molecule has 2 heterocycles. The van der Waals surface area contributed by atoms with Crippen LogP contribution in [0, 0.1) is 0 Å². The van der Waals surface area contributed by atoms with E-state index in [1.54, 1.807) is 12.1 Å². The molecule has 2 aromatic rings. The second kappa shape index (κ2) is 2.10. The van der Waals surface area contributed by atoms with Crippen molar-refractivity contribution < 1.29 is 4.42 Å². The number of anilines is 1. The molecule has 11 heavy (non-hydrogen) atoms. The molecule has 0 aromatic carbocycles. The van der Waals surface area contributed by atoms with Gasteiger partial charge in [-0.3, -0.25) is 0 Å². The zero-order chi connectivity index (χ0) is 7.84. The van der Waals surface area contributed by atoms with Gasteiger partial charge in [-0.25, -0.2) is 4.98 Å². The number of rotatable bonds is 0. The Balaban J connectivity index is 2.82. The first-order valence-corrected chi connectivity index (χ1v) is 3.32. The summed E-state index contributed by atoms with van der Waals surface area (Å²) in [7, 11) is 0. The molecule has 0 fully saturated rings. The van der Waals surface area contributed by atoms with Gasteiger partial charge in [0, 0.05) is 0 Å². The molecule has 0 aliphatic carbocycles. The highest BCUT2D eigenvalue weighted by Gasteiger charge is 2.03. The smallest absolute Gasteiger partial charge is 0.294 e. The van der Waals surface area contributed by atoms with E-state index in [9.17, 15) is 0 Å². The molecule has 2 N–H and O–H groups in total.